The predicted molar refractivity (Wildman–Crippen MR) is 101 cm³/mol. The molecule has 0 radical (unpaired) electrons. The smallest absolute Gasteiger partial charge is 0.191 e. The third-order valence-electron chi connectivity index (χ3n) is 3.85. The van der Waals surface area contributed by atoms with Crippen LogP contribution < -0.4 is 14.2 Å². The highest BCUT2D eigenvalue weighted by molar-refractivity contribution is 7.98. The summed E-state index contributed by atoms with van der Waals surface area (Å²) >= 11 is 1.63. The third-order valence-corrected chi connectivity index (χ3v) is 4.95. The number of rotatable bonds is 8. The molecule has 0 saturated heterocycles. The molecule has 0 bridgehead atoms. The summed E-state index contributed by atoms with van der Waals surface area (Å²) in [5, 5.41) is 9.33. The maximum atomic E-state index is 5.77. The molecule has 136 valence electrons. The van der Waals surface area contributed by atoms with Crippen molar-refractivity contribution in [3.05, 3.63) is 59.9 Å². The zero-order chi connectivity index (χ0) is 18.4. The van der Waals surface area contributed by atoms with E-state index in [4.69, 9.17) is 14.2 Å². The van der Waals surface area contributed by atoms with Gasteiger partial charge in [0.05, 0.1) is 14.2 Å². The van der Waals surface area contributed by atoms with Gasteiger partial charge in [-0.2, -0.15) is 0 Å². The maximum absolute atomic E-state index is 5.77. The molecule has 0 unspecified atom stereocenters. The summed E-state index contributed by atoms with van der Waals surface area (Å²) in [4.78, 5) is 0. The predicted octanol–water partition coefficient (Wildman–Crippen LogP) is 3.70. The van der Waals surface area contributed by atoms with E-state index in [-0.39, 0.29) is 0 Å². The summed E-state index contributed by atoms with van der Waals surface area (Å²) in [5.41, 5.74) is 1.17. The average molecular weight is 371 g/mol. The number of hydrogen-bond acceptors (Lipinski definition) is 6. The van der Waals surface area contributed by atoms with Gasteiger partial charge in [-0.25, -0.2) is 0 Å². The summed E-state index contributed by atoms with van der Waals surface area (Å²) in [5.74, 6) is 3.98. The number of nitrogens with zero attached hydrogens (tertiary/aromatic N) is 3. The molecule has 0 atom stereocenters. The molecule has 7 heteroatoms. The van der Waals surface area contributed by atoms with Crippen molar-refractivity contribution in [3.8, 4) is 17.2 Å². The number of thioether (sulfide) groups is 1. The van der Waals surface area contributed by atoms with Crippen LogP contribution >= 0.6 is 11.8 Å². The fourth-order valence-electron chi connectivity index (χ4n) is 2.33. The molecule has 3 aromatic rings. The minimum Gasteiger partial charge on any atom is -0.497 e. The van der Waals surface area contributed by atoms with Gasteiger partial charge in [-0.3, -0.25) is 0 Å². The van der Waals surface area contributed by atoms with Gasteiger partial charge in [0.2, 0.25) is 0 Å². The first-order chi connectivity index (χ1) is 12.7. The van der Waals surface area contributed by atoms with Crippen LogP contribution in [0.2, 0.25) is 0 Å². The molecule has 0 spiro atoms. The van der Waals surface area contributed by atoms with Gasteiger partial charge < -0.3 is 18.8 Å². The quantitative estimate of drug-likeness (QED) is 0.563. The van der Waals surface area contributed by atoms with Crippen LogP contribution in [0.4, 0.5) is 0 Å². The average Bonchev–Trinajstić information content (AvgIpc) is 3.05. The minimum atomic E-state index is 0.357. The molecule has 0 aliphatic rings. The van der Waals surface area contributed by atoms with Crippen LogP contribution in [-0.4, -0.2) is 29.0 Å². The van der Waals surface area contributed by atoms with E-state index in [0.29, 0.717) is 6.61 Å². The molecule has 0 aliphatic carbocycles. The van der Waals surface area contributed by atoms with Crippen LogP contribution in [0.1, 0.15) is 11.4 Å². The van der Waals surface area contributed by atoms with Crippen molar-refractivity contribution < 1.29 is 14.2 Å². The molecule has 1 aromatic heterocycles. The van der Waals surface area contributed by atoms with Crippen molar-refractivity contribution in [3.63, 3.8) is 0 Å². The fraction of sp³-hybridized carbons (Fsp3) is 0.263. The second kappa shape index (κ2) is 8.62. The lowest BCUT2D eigenvalue weighted by Crippen LogP contribution is -2.04. The third kappa shape index (κ3) is 4.49. The van der Waals surface area contributed by atoms with Gasteiger partial charge in [-0.1, -0.05) is 23.9 Å². The van der Waals surface area contributed by atoms with Crippen LogP contribution in [0.25, 0.3) is 0 Å². The Morgan fingerprint density at radius 2 is 1.65 bits per heavy atom. The first kappa shape index (κ1) is 18.1. The zero-order valence-corrected chi connectivity index (χ0v) is 15.8. The second-order valence-corrected chi connectivity index (χ2v) is 6.50. The molecular formula is C19H21N3O3S. The normalized spacial score (nSPS) is 10.6. The first-order valence-corrected chi connectivity index (χ1v) is 9.09. The Morgan fingerprint density at radius 1 is 0.923 bits per heavy atom. The fourth-order valence-corrected chi connectivity index (χ4v) is 3.20. The summed E-state index contributed by atoms with van der Waals surface area (Å²) in [6, 6.07) is 15.5. The van der Waals surface area contributed by atoms with Crippen LogP contribution in [0.15, 0.2) is 53.7 Å². The Labute approximate surface area is 157 Å². The van der Waals surface area contributed by atoms with Crippen LogP contribution in [0.3, 0.4) is 0 Å². The summed E-state index contributed by atoms with van der Waals surface area (Å²) in [6.45, 7) is 0.357. The Bertz CT molecular complexity index is 849. The zero-order valence-electron chi connectivity index (χ0n) is 15.0. The molecular weight excluding hydrogens is 350 g/mol. The number of aromatic nitrogens is 3. The topological polar surface area (TPSA) is 58.4 Å². The molecule has 6 nitrogen and oxygen atoms in total. The largest absolute Gasteiger partial charge is 0.497 e. The van der Waals surface area contributed by atoms with E-state index in [1.54, 1.807) is 26.0 Å². The van der Waals surface area contributed by atoms with Gasteiger partial charge in [0.1, 0.15) is 23.9 Å². The van der Waals surface area contributed by atoms with E-state index in [0.717, 1.165) is 34.0 Å². The van der Waals surface area contributed by atoms with Gasteiger partial charge >= 0.3 is 0 Å². The molecule has 1 heterocycles. The Hall–Kier alpha value is -2.67. The lowest BCUT2D eigenvalue weighted by atomic mass is 10.2. The van der Waals surface area contributed by atoms with E-state index in [1.165, 1.54) is 5.56 Å². The number of methoxy groups -OCH3 is 2. The second-order valence-electron chi connectivity index (χ2n) is 5.56. The summed E-state index contributed by atoms with van der Waals surface area (Å²) in [7, 11) is 5.25. The first-order valence-electron chi connectivity index (χ1n) is 8.10. The van der Waals surface area contributed by atoms with Crippen molar-refractivity contribution in [2.24, 2.45) is 7.05 Å². The van der Waals surface area contributed by atoms with Crippen molar-refractivity contribution in [2.45, 2.75) is 17.5 Å². The van der Waals surface area contributed by atoms with Gasteiger partial charge in [0.15, 0.2) is 11.0 Å². The van der Waals surface area contributed by atoms with Crippen molar-refractivity contribution in [1.29, 1.82) is 0 Å². The minimum absolute atomic E-state index is 0.357. The van der Waals surface area contributed by atoms with Gasteiger partial charge in [-0.05, 0) is 42.0 Å². The molecule has 0 fully saturated rings. The number of benzene rings is 2. The standard InChI is InChI=1S/C19H21N3O3S/c1-22-18(12-25-16-9-7-15(23-2)8-10-16)20-21-19(22)26-13-14-5-4-6-17(11-14)24-3/h4-11H,12-13H2,1-3H3. The van der Waals surface area contributed by atoms with E-state index in [2.05, 4.69) is 16.3 Å². The maximum Gasteiger partial charge on any atom is 0.191 e. The van der Waals surface area contributed by atoms with Crippen LogP contribution in [-0.2, 0) is 19.4 Å². The van der Waals surface area contributed by atoms with Crippen molar-refractivity contribution >= 4 is 11.8 Å². The van der Waals surface area contributed by atoms with Gasteiger partial charge in [-0.15, -0.1) is 10.2 Å². The van der Waals surface area contributed by atoms with E-state index in [1.807, 2.05) is 54.1 Å². The summed E-state index contributed by atoms with van der Waals surface area (Å²) < 4.78 is 18.1. The highest BCUT2D eigenvalue weighted by atomic mass is 32.2. The molecule has 0 saturated carbocycles. The SMILES string of the molecule is COc1ccc(OCc2nnc(SCc3cccc(OC)c3)n2C)cc1. The van der Waals surface area contributed by atoms with Crippen LogP contribution in [0.5, 0.6) is 17.2 Å². The molecule has 3 rings (SSSR count). The van der Waals surface area contributed by atoms with E-state index in [9.17, 15) is 0 Å². The highest BCUT2D eigenvalue weighted by Crippen LogP contribution is 2.24. The highest BCUT2D eigenvalue weighted by Gasteiger charge is 2.10. The molecule has 2 aromatic carbocycles. The Balaban J connectivity index is 1.58. The number of ether oxygens (including phenoxy) is 3. The lowest BCUT2D eigenvalue weighted by molar-refractivity contribution is 0.290. The molecule has 0 aliphatic heterocycles. The molecule has 0 amide bonds. The monoisotopic (exact) mass is 371 g/mol. The van der Waals surface area contributed by atoms with Gasteiger partial charge in [0.25, 0.3) is 0 Å². The molecule has 26 heavy (non-hydrogen) atoms. The van der Waals surface area contributed by atoms with E-state index < -0.39 is 0 Å². The number of hydrogen-bond donors (Lipinski definition) is 0. The van der Waals surface area contributed by atoms with Crippen LogP contribution in [0, 0.1) is 0 Å². The van der Waals surface area contributed by atoms with E-state index >= 15 is 0 Å². The Kier molecular flexibility index (Phi) is 6.01. The van der Waals surface area contributed by atoms with Gasteiger partial charge in [0, 0.05) is 12.8 Å². The Morgan fingerprint density at radius 3 is 2.38 bits per heavy atom. The van der Waals surface area contributed by atoms with Crippen molar-refractivity contribution in [2.75, 3.05) is 14.2 Å². The van der Waals surface area contributed by atoms with Crippen molar-refractivity contribution in [1.82, 2.24) is 14.8 Å². The molecule has 0 N–H and O–H groups in total. The lowest BCUT2D eigenvalue weighted by Gasteiger charge is -2.07. The summed E-state index contributed by atoms with van der Waals surface area (Å²) in [6.07, 6.45) is 0.